The lowest BCUT2D eigenvalue weighted by Crippen LogP contribution is -2.31. The van der Waals surface area contributed by atoms with Crippen LogP contribution in [-0.4, -0.2) is 39.5 Å². The molecule has 3 heterocycles. The minimum Gasteiger partial charge on any atom is -0.459 e. The highest BCUT2D eigenvalue weighted by Crippen LogP contribution is 2.29. The van der Waals surface area contributed by atoms with Gasteiger partial charge in [0.05, 0.1) is 17.5 Å². The first-order chi connectivity index (χ1) is 16.2. The third kappa shape index (κ3) is 4.75. The Balaban J connectivity index is 1.29. The monoisotopic (exact) mass is 461 g/mol. The SMILES string of the molecule is C[C@H](NC(=O)CSc1nnc(N2CCCCC2)n1-c1ccccc1)c1cc2ccccc2o1. The predicted octanol–water partition coefficient (Wildman–Crippen LogP) is 4.97. The molecule has 2 aromatic heterocycles. The largest absolute Gasteiger partial charge is 0.459 e. The van der Waals surface area contributed by atoms with Gasteiger partial charge in [-0.3, -0.25) is 9.36 Å². The summed E-state index contributed by atoms with van der Waals surface area (Å²) >= 11 is 1.40. The van der Waals surface area contributed by atoms with Gasteiger partial charge in [-0.2, -0.15) is 0 Å². The van der Waals surface area contributed by atoms with Crippen molar-refractivity contribution in [3.8, 4) is 5.69 Å². The molecule has 0 aliphatic carbocycles. The molecule has 0 bridgehead atoms. The topological polar surface area (TPSA) is 76.2 Å². The van der Waals surface area contributed by atoms with Crippen LogP contribution in [0.2, 0.25) is 0 Å². The van der Waals surface area contributed by atoms with Crippen LogP contribution in [0.3, 0.4) is 0 Å². The van der Waals surface area contributed by atoms with Gasteiger partial charge in [0.25, 0.3) is 0 Å². The Morgan fingerprint density at radius 3 is 2.61 bits per heavy atom. The van der Waals surface area contributed by atoms with Gasteiger partial charge < -0.3 is 14.6 Å². The number of carbonyl (C=O) groups excluding carboxylic acids is 1. The van der Waals surface area contributed by atoms with Crippen LogP contribution in [0.15, 0.2) is 70.2 Å². The molecule has 0 radical (unpaired) electrons. The highest BCUT2D eigenvalue weighted by Gasteiger charge is 2.22. The lowest BCUT2D eigenvalue weighted by molar-refractivity contribution is -0.119. The Bertz CT molecular complexity index is 1200. The van der Waals surface area contributed by atoms with E-state index in [1.54, 1.807) is 0 Å². The van der Waals surface area contributed by atoms with Crippen molar-refractivity contribution in [2.75, 3.05) is 23.7 Å². The number of nitrogens with one attached hydrogen (secondary N) is 1. The molecule has 1 N–H and O–H groups in total. The Labute approximate surface area is 197 Å². The Kier molecular flexibility index (Phi) is 6.35. The molecule has 33 heavy (non-hydrogen) atoms. The number of benzene rings is 2. The fourth-order valence-corrected chi connectivity index (χ4v) is 4.92. The highest BCUT2D eigenvalue weighted by atomic mass is 32.2. The summed E-state index contributed by atoms with van der Waals surface area (Å²) in [6, 6.07) is 19.7. The summed E-state index contributed by atoms with van der Waals surface area (Å²) in [6.07, 6.45) is 3.57. The smallest absolute Gasteiger partial charge is 0.232 e. The number of amides is 1. The molecule has 1 saturated heterocycles. The van der Waals surface area contributed by atoms with E-state index in [0.29, 0.717) is 5.16 Å². The van der Waals surface area contributed by atoms with Gasteiger partial charge >= 0.3 is 0 Å². The third-order valence-electron chi connectivity index (χ3n) is 5.85. The Morgan fingerprint density at radius 1 is 1.06 bits per heavy atom. The van der Waals surface area contributed by atoms with Crippen molar-refractivity contribution in [1.82, 2.24) is 20.1 Å². The zero-order valence-corrected chi connectivity index (χ0v) is 19.4. The minimum absolute atomic E-state index is 0.0740. The zero-order valence-electron chi connectivity index (χ0n) is 18.6. The highest BCUT2D eigenvalue weighted by molar-refractivity contribution is 7.99. The van der Waals surface area contributed by atoms with Crippen LogP contribution in [0, 0.1) is 0 Å². The van der Waals surface area contributed by atoms with Gasteiger partial charge in [0.1, 0.15) is 11.3 Å². The van der Waals surface area contributed by atoms with Crippen molar-refractivity contribution in [3.63, 3.8) is 0 Å². The number of nitrogens with zero attached hydrogens (tertiary/aromatic N) is 4. The second-order valence-electron chi connectivity index (χ2n) is 8.27. The van der Waals surface area contributed by atoms with Crippen molar-refractivity contribution in [2.45, 2.75) is 37.4 Å². The van der Waals surface area contributed by atoms with E-state index in [4.69, 9.17) is 4.42 Å². The fraction of sp³-hybridized carbons (Fsp3) is 0.320. The molecule has 8 heteroatoms. The van der Waals surface area contributed by atoms with Crippen molar-refractivity contribution in [2.24, 2.45) is 0 Å². The Morgan fingerprint density at radius 2 is 1.82 bits per heavy atom. The molecule has 4 aromatic rings. The van der Waals surface area contributed by atoms with Gasteiger partial charge in [0.15, 0.2) is 5.16 Å². The maximum Gasteiger partial charge on any atom is 0.232 e. The molecule has 5 rings (SSSR count). The van der Waals surface area contributed by atoms with Crippen LogP contribution < -0.4 is 10.2 Å². The predicted molar refractivity (Wildman–Crippen MR) is 131 cm³/mol. The molecule has 7 nitrogen and oxygen atoms in total. The number of para-hydroxylation sites is 2. The molecule has 170 valence electrons. The van der Waals surface area contributed by atoms with Crippen molar-refractivity contribution in [3.05, 3.63) is 66.4 Å². The number of hydrogen-bond donors (Lipinski definition) is 1. The number of piperidine rings is 1. The number of hydrogen-bond acceptors (Lipinski definition) is 6. The second kappa shape index (κ2) is 9.70. The van der Waals surface area contributed by atoms with Crippen LogP contribution in [0.1, 0.15) is 38.0 Å². The van der Waals surface area contributed by atoms with Gasteiger partial charge in [-0.25, -0.2) is 0 Å². The lowest BCUT2D eigenvalue weighted by atomic mass is 10.1. The van der Waals surface area contributed by atoms with E-state index in [-0.39, 0.29) is 17.7 Å². The summed E-state index contributed by atoms with van der Waals surface area (Å²) in [6.45, 7) is 3.89. The van der Waals surface area contributed by atoms with Crippen LogP contribution >= 0.6 is 11.8 Å². The lowest BCUT2D eigenvalue weighted by Gasteiger charge is -2.27. The van der Waals surface area contributed by atoms with E-state index < -0.39 is 0 Å². The average Bonchev–Trinajstić information content (AvgIpc) is 3.48. The van der Waals surface area contributed by atoms with E-state index in [9.17, 15) is 4.79 Å². The molecule has 1 aliphatic rings. The molecule has 0 spiro atoms. The van der Waals surface area contributed by atoms with Crippen molar-refractivity contribution in [1.29, 1.82) is 0 Å². The molecule has 0 unspecified atom stereocenters. The Hall–Kier alpha value is -3.26. The van der Waals surface area contributed by atoms with Gasteiger partial charge in [0.2, 0.25) is 11.9 Å². The first-order valence-corrected chi connectivity index (χ1v) is 12.3. The van der Waals surface area contributed by atoms with E-state index in [1.807, 2.05) is 67.6 Å². The third-order valence-corrected chi connectivity index (χ3v) is 6.78. The zero-order chi connectivity index (χ0) is 22.6. The van der Waals surface area contributed by atoms with Crippen LogP contribution in [0.5, 0.6) is 0 Å². The molecule has 2 aromatic carbocycles. The number of fused-ring (bicyclic) bond motifs is 1. The first-order valence-electron chi connectivity index (χ1n) is 11.4. The van der Waals surface area contributed by atoms with Crippen molar-refractivity contribution < 1.29 is 9.21 Å². The second-order valence-corrected chi connectivity index (χ2v) is 9.21. The summed E-state index contributed by atoms with van der Waals surface area (Å²) in [5.41, 5.74) is 1.82. The minimum atomic E-state index is -0.221. The van der Waals surface area contributed by atoms with E-state index in [1.165, 1.54) is 18.2 Å². The number of carbonyl (C=O) groups is 1. The maximum atomic E-state index is 12.7. The van der Waals surface area contributed by atoms with Crippen LogP contribution in [-0.2, 0) is 4.79 Å². The number of aromatic nitrogens is 3. The molecule has 0 saturated carbocycles. The maximum absolute atomic E-state index is 12.7. The van der Waals surface area contributed by atoms with Gasteiger partial charge in [-0.1, -0.05) is 48.2 Å². The summed E-state index contributed by atoms with van der Waals surface area (Å²) < 4.78 is 7.95. The van der Waals surface area contributed by atoms with Crippen LogP contribution in [0.4, 0.5) is 5.95 Å². The molecule has 1 aliphatic heterocycles. The van der Waals surface area contributed by atoms with Crippen molar-refractivity contribution >= 4 is 34.6 Å². The quantitative estimate of drug-likeness (QED) is 0.392. The van der Waals surface area contributed by atoms with E-state index in [2.05, 4.69) is 25.0 Å². The van der Waals surface area contributed by atoms with E-state index in [0.717, 1.165) is 54.3 Å². The summed E-state index contributed by atoms with van der Waals surface area (Å²) in [7, 11) is 0. The van der Waals surface area contributed by atoms with Gasteiger partial charge in [0, 0.05) is 18.5 Å². The van der Waals surface area contributed by atoms with Crippen LogP contribution in [0.25, 0.3) is 16.7 Å². The van der Waals surface area contributed by atoms with Gasteiger partial charge in [-0.05, 0) is 50.5 Å². The number of anilines is 1. The summed E-state index contributed by atoms with van der Waals surface area (Å²) in [5.74, 6) is 1.76. The molecule has 1 atom stereocenters. The molecular weight excluding hydrogens is 434 g/mol. The average molecular weight is 462 g/mol. The molecule has 1 amide bonds. The van der Waals surface area contributed by atoms with Gasteiger partial charge in [-0.15, -0.1) is 10.2 Å². The first kappa shape index (κ1) is 21.6. The number of thioether (sulfide) groups is 1. The number of rotatable bonds is 7. The normalized spacial score (nSPS) is 15.0. The summed E-state index contributed by atoms with van der Waals surface area (Å²) in [5, 5.41) is 13.7. The molecular formula is C25H27N5O2S. The number of furan rings is 1. The summed E-state index contributed by atoms with van der Waals surface area (Å²) in [4.78, 5) is 15.0. The molecule has 1 fully saturated rings. The standard InChI is InChI=1S/C25H27N5O2S/c1-18(22-16-19-10-6-7-13-21(19)32-22)26-23(31)17-33-25-28-27-24(29-14-8-3-9-15-29)30(25)20-11-4-2-5-12-20/h2,4-7,10-13,16,18H,3,8-9,14-15,17H2,1H3,(H,26,31)/t18-/m0/s1. The fourth-order valence-electron chi connectivity index (χ4n) is 4.16. The van der Waals surface area contributed by atoms with E-state index >= 15 is 0 Å².